The molecule has 1 saturated heterocycles. The molecule has 2 aliphatic heterocycles. The van der Waals surface area contributed by atoms with Crippen LogP contribution in [0, 0.1) is 28.9 Å². The maximum absolute atomic E-state index is 14.1. The third kappa shape index (κ3) is 4.18. The lowest BCUT2D eigenvalue weighted by molar-refractivity contribution is -0.122. The predicted molar refractivity (Wildman–Crippen MR) is 105 cm³/mol. The number of rotatable bonds is 4. The summed E-state index contributed by atoms with van der Waals surface area (Å²) in [5, 5.41) is 20.0. The van der Waals surface area contributed by atoms with Gasteiger partial charge in [0.25, 0.3) is 10.0 Å². The molecule has 1 fully saturated rings. The Hall–Kier alpha value is -2.82. The van der Waals surface area contributed by atoms with E-state index in [1.54, 1.807) is 6.92 Å². The third-order valence-electron chi connectivity index (χ3n) is 5.46. The van der Waals surface area contributed by atoms with E-state index in [2.05, 4.69) is 27.3 Å². The maximum atomic E-state index is 14.1. The third-order valence-corrected chi connectivity index (χ3v) is 7.25. The molecule has 31 heavy (non-hydrogen) atoms. The highest BCUT2D eigenvalue weighted by atomic mass is 32.2. The molecule has 0 bridgehead atoms. The van der Waals surface area contributed by atoms with Gasteiger partial charge in [0.15, 0.2) is 11.6 Å². The number of nitrogens with zero attached hydrogens (tertiary/aromatic N) is 2. The van der Waals surface area contributed by atoms with Crippen LogP contribution in [-0.4, -0.2) is 55.5 Å². The molecule has 2 heterocycles. The van der Waals surface area contributed by atoms with Crippen LogP contribution in [0.3, 0.4) is 0 Å². The lowest BCUT2D eigenvalue weighted by Crippen LogP contribution is -2.65. The van der Waals surface area contributed by atoms with E-state index in [9.17, 15) is 26.8 Å². The van der Waals surface area contributed by atoms with Crippen LogP contribution in [0.15, 0.2) is 17.0 Å². The first-order valence-electron chi connectivity index (χ1n) is 9.50. The van der Waals surface area contributed by atoms with Crippen LogP contribution in [0.2, 0.25) is 0 Å². The van der Waals surface area contributed by atoms with Gasteiger partial charge in [-0.15, -0.1) is 0 Å². The molecule has 1 aromatic carbocycles. The second kappa shape index (κ2) is 8.37. The van der Waals surface area contributed by atoms with Crippen molar-refractivity contribution in [1.29, 1.82) is 5.26 Å². The minimum absolute atomic E-state index is 0.151. The number of carbonyl (C=O) groups is 2. The molecular weight excluding hydrogens is 434 g/mol. The van der Waals surface area contributed by atoms with Crippen LogP contribution < -0.4 is 21.3 Å². The molecule has 3 atom stereocenters. The van der Waals surface area contributed by atoms with Crippen molar-refractivity contribution < 1.29 is 26.8 Å². The van der Waals surface area contributed by atoms with Crippen LogP contribution in [0.25, 0.3) is 0 Å². The van der Waals surface area contributed by atoms with Crippen LogP contribution in [0.4, 0.5) is 19.3 Å². The fraction of sp³-hybridized carbons (Fsp3) is 0.500. The molecule has 2 unspecified atom stereocenters. The zero-order valence-electron chi connectivity index (χ0n) is 16.9. The topological polar surface area (TPSA) is 143 Å². The van der Waals surface area contributed by atoms with Crippen LogP contribution in [0.1, 0.15) is 20.8 Å². The van der Waals surface area contributed by atoms with Crippen LogP contribution in [-0.2, 0) is 14.8 Å². The average Bonchev–Trinajstić information content (AvgIpc) is 2.67. The fourth-order valence-electron chi connectivity index (χ4n) is 4.13. The molecule has 2 aliphatic rings. The van der Waals surface area contributed by atoms with Gasteiger partial charge in [-0.05, 0) is 32.9 Å². The van der Waals surface area contributed by atoms with Gasteiger partial charge >= 0.3 is 6.03 Å². The Kier molecular flexibility index (Phi) is 6.17. The molecule has 3 amide bonds. The van der Waals surface area contributed by atoms with Crippen molar-refractivity contribution in [3.8, 4) is 6.07 Å². The monoisotopic (exact) mass is 456 g/mol. The van der Waals surface area contributed by atoms with Crippen molar-refractivity contribution in [2.45, 2.75) is 50.0 Å². The Labute approximate surface area is 178 Å². The summed E-state index contributed by atoms with van der Waals surface area (Å²) < 4.78 is 53.3. The summed E-state index contributed by atoms with van der Waals surface area (Å²) in [6, 6.07) is 1.78. The first-order chi connectivity index (χ1) is 14.5. The van der Waals surface area contributed by atoms with Gasteiger partial charge in [-0.2, -0.15) is 5.26 Å². The van der Waals surface area contributed by atoms with E-state index in [4.69, 9.17) is 5.26 Å². The largest absolute Gasteiger partial charge is 0.352 e. The molecule has 0 radical (unpaired) electrons. The smallest absolute Gasteiger partial charge is 0.336 e. The highest BCUT2D eigenvalue weighted by Gasteiger charge is 2.42. The van der Waals surface area contributed by atoms with Gasteiger partial charge in [-0.1, -0.05) is 0 Å². The number of urea groups is 1. The van der Waals surface area contributed by atoms with E-state index >= 15 is 0 Å². The number of benzene rings is 1. The number of hydrogen-bond acceptors (Lipinski definition) is 7. The number of nitrogens with one attached hydrogen (secondary N) is 4. The molecule has 168 valence electrons. The zero-order chi connectivity index (χ0) is 23.1. The van der Waals surface area contributed by atoms with Crippen LogP contribution >= 0.6 is 0 Å². The lowest BCUT2D eigenvalue weighted by Gasteiger charge is -2.42. The van der Waals surface area contributed by atoms with Crippen molar-refractivity contribution in [2.75, 3.05) is 11.9 Å². The summed E-state index contributed by atoms with van der Waals surface area (Å²) in [6.07, 6.45) is -0.540. The number of carbonyl (C=O) groups excluding carboxylic acids is 2. The number of sulfonamides is 1. The second-order valence-electron chi connectivity index (χ2n) is 7.59. The van der Waals surface area contributed by atoms with Gasteiger partial charge < -0.3 is 10.6 Å². The van der Waals surface area contributed by atoms with Gasteiger partial charge in [0.1, 0.15) is 17.6 Å². The first kappa shape index (κ1) is 22.9. The molecular formula is C18H22F2N6O4S. The maximum Gasteiger partial charge on any atom is 0.336 e. The van der Waals surface area contributed by atoms with E-state index < -0.39 is 62.9 Å². The highest BCUT2D eigenvalue weighted by molar-refractivity contribution is 7.90. The second-order valence-corrected chi connectivity index (χ2v) is 9.39. The molecule has 0 spiro atoms. The van der Waals surface area contributed by atoms with Crippen molar-refractivity contribution in [3.05, 3.63) is 23.8 Å². The van der Waals surface area contributed by atoms with Gasteiger partial charge in [0, 0.05) is 24.0 Å². The quantitative estimate of drug-likeness (QED) is 0.515. The fourth-order valence-corrected chi connectivity index (χ4v) is 5.62. The van der Waals surface area contributed by atoms with Crippen molar-refractivity contribution in [3.63, 3.8) is 0 Å². The summed E-state index contributed by atoms with van der Waals surface area (Å²) in [5.41, 5.74) is -0.400. The van der Waals surface area contributed by atoms with E-state index in [1.807, 2.05) is 13.8 Å². The number of nitriles is 1. The van der Waals surface area contributed by atoms with E-state index in [1.165, 1.54) is 0 Å². The summed E-state index contributed by atoms with van der Waals surface area (Å²) in [5.74, 6) is -3.99. The van der Waals surface area contributed by atoms with Gasteiger partial charge in [-0.25, -0.2) is 26.3 Å². The van der Waals surface area contributed by atoms with Crippen molar-refractivity contribution >= 4 is 27.6 Å². The average molecular weight is 456 g/mol. The molecule has 4 N–H and O–H groups in total. The molecule has 1 aromatic rings. The molecule has 10 nitrogen and oxygen atoms in total. The number of hydrogen-bond donors (Lipinski definition) is 4. The predicted octanol–water partition coefficient (Wildman–Crippen LogP) is 0.441. The molecule has 0 aromatic heterocycles. The van der Waals surface area contributed by atoms with E-state index in [0.29, 0.717) is 6.07 Å². The van der Waals surface area contributed by atoms with E-state index in [0.717, 1.165) is 6.07 Å². The number of halogens is 2. The van der Waals surface area contributed by atoms with Crippen LogP contribution in [0.5, 0.6) is 0 Å². The molecule has 3 rings (SSSR count). The zero-order valence-corrected chi connectivity index (χ0v) is 17.8. The SMILES string of the molecule is CC1NC(C#N)NC(C)C1[C@H](C)NC(=O)CN1C(=O)Nc2ccc(F)c(F)c2S1(=O)=O. The van der Waals surface area contributed by atoms with Gasteiger partial charge in [0.2, 0.25) is 5.91 Å². The number of anilines is 1. The number of amides is 3. The molecule has 0 aliphatic carbocycles. The minimum atomic E-state index is -4.79. The Morgan fingerprint density at radius 1 is 1.29 bits per heavy atom. The standard InChI is InChI=1S/C18H22F2N6O4S/c1-8-15(9(2)23-13(6-21)22-8)10(3)24-14(27)7-26-18(28)25-12-5-4-11(19)16(20)17(12)31(26,29)30/h4-5,8-10,13,15,22-23H,7H2,1-3H3,(H,24,27)(H,25,28)/t8?,9?,10-,13?,15?/m0/s1. The van der Waals surface area contributed by atoms with Gasteiger partial charge in [0.05, 0.1) is 11.8 Å². The normalized spacial score (nSPS) is 28.1. The Morgan fingerprint density at radius 2 is 1.90 bits per heavy atom. The summed E-state index contributed by atoms with van der Waals surface area (Å²) in [6.45, 7) is 4.50. The van der Waals surface area contributed by atoms with Gasteiger partial charge in [-0.3, -0.25) is 15.4 Å². The minimum Gasteiger partial charge on any atom is -0.352 e. The van der Waals surface area contributed by atoms with E-state index in [-0.39, 0.29) is 22.3 Å². The Bertz CT molecular complexity index is 1050. The van der Waals surface area contributed by atoms with Crippen molar-refractivity contribution in [2.24, 2.45) is 5.92 Å². The molecule has 13 heteroatoms. The summed E-state index contributed by atoms with van der Waals surface area (Å²) >= 11 is 0. The Balaban J connectivity index is 1.75. The summed E-state index contributed by atoms with van der Waals surface area (Å²) in [7, 11) is -4.79. The first-order valence-corrected chi connectivity index (χ1v) is 10.9. The Morgan fingerprint density at radius 3 is 2.48 bits per heavy atom. The summed E-state index contributed by atoms with van der Waals surface area (Å²) in [4.78, 5) is 23.8. The molecule has 0 saturated carbocycles. The van der Waals surface area contributed by atoms with Crippen molar-refractivity contribution in [1.82, 2.24) is 20.3 Å². The lowest BCUT2D eigenvalue weighted by atomic mass is 9.85. The number of fused-ring (bicyclic) bond motifs is 1. The highest BCUT2D eigenvalue weighted by Crippen LogP contribution is 2.33.